The standard InChI is InChI=1S/C23H23N3O2S/c1-15-6-8-16(9-7-15)13-24-21(27)14-29-22-12-19(23(28)25-17-10-11-17)18-4-2-3-5-20(18)26-22/h2-9,12,17H,10-11,13-14H2,1H3,(H,24,27)(H,25,28). The van der Waals surface area contributed by atoms with Gasteiger partial charge in [-0.25, -0.2) is 4.98 Å². The first-order valence-electron chi connectivity index (χ1n) is 9.74. The lowest BCUT2D eigenvalue weighted by atomic mass is 10.1. The van der Waals surface area contributed by atoms with Gasteiger partial charge < -0.3 is 10.6 Å². The van der Waals surface area contributed by atoms with Crippen molar-refractivity contribution in [3.63, 3.8) is 0 Å². The second-order valence-electron chi connectivity index (χ2n) is 7.32. The number of hydrogen-bond acceptors (Lipinski definition) is 4. The fourth-order valence-corrected chi connectivity index (χ4v) is 3.75. The van der Waals surface area contributed by atoms with Crippen molar-refractivity contribution in [3.05, 3.63) is 71.3 Å². The first-order valence-corrected chi connectivity index (χ1v) is 10.7. The SMILES string of the molecule is Cc1ccc(CNC(=O)CSc2cc(C(=O)NC3CC3)c3ccccc3n2)cc1. The van der Waals surface area contributed by atoms with E-state index in [-0.39, 0.29) is 23.6 Å². The average molecular weight is 406 g/mol. The van der Waals surface area contributed by atoms with Crippen LogP contribution in [0.1, 0.15) is 34.3 Å². The molecule has 2 aromatic carbocycles. The van der Waals surface area contributed by atoms with Crippen LogP contribution in [0.2, 0.25) is 0 Å². The fourth-order valence-electron chi connectivity index (χ4n) is 3.00. The molecule has 0 aliphatic heterocycles. The minimum Gasteiger partial charge on any atom is -0.351 e. The minimum atomic E-state index is -0.0724. The van der Waals surface area contributed by atoms with E-state index in [9.17, 15) is 9.59 Å². The van der Waals surface area contributed by atoms with Crippen molar-refractivity contribution in [1.29, 1.82) is 0 Å². The maximum absolute atomic E-state index is 12.7. The number of hydrogen-bond donors (Lipinski definition) is 2. The number of rotatable bonds is 7. The van der Waals surface area contributed by atoms with Crippen molar-refractivity contribution in [1.82, 2.24) is 15.6 Å². The molecule has 5 nitrogen and oxygen atoms in total. The average Bonchev–Trinajstić information content (AvgIpc) is 3.55. The van der Waals surface area contributed by atoms with Crippen LogP contribution in [0, 0.1) is 6.92 Å². The van der Waals surface area contributed by atoms with Gasteiger partial charge in [0.25, 0.3) is 5.91 Å². The van der Waals surface area contributed by atoms with Gasteiger partial charge in [0.15, 0.2) is 0 Å². The molecule has 0 saturated heterocycles. The second kappa shape index (κ2) is 8.66. The number of aromatic nitrogens is 1. The van der Waals surface area contributed by atoms with E-state index in [4.69, 9.17) is 0 Å². The largest absolute Gasteiger partial charge is 0.351 e. The molecule has 0 radical (unpaired) electrons. The molecule has 0 unspecified atom stereocenters. The van der Waals surface area contributed by atoms with Crippen LogP contribution < -0.4 is 10.6 Å². The van der Waals surface area contributed by atoms with Gasteiger partial charge >= 0.3 is 0 Å². The third-order valence-electron chi connectivity index (χ3n) is 4.81. The monoisotopic (exact) mass is 405 g/mol. The molecule has 29 heavy (non-hydrogen) atoms. The van der Waals surface area contributed by atoms with Crippen LogP contribution in [0.15, 0.2) is 59.6 Å². The van der Waals surface area contributed by atoms with Gasteiger partial charge in [-0.05, 0) is 37.5 Å². The number of carbonyl (C=O) groups excluding carboxylic acids is 2. The molecule has 2 amide bonds. The summed E-state index contributed by atoms with van der Waals surface area (Å²) in [6.45, 7) is 2.54. The molecule has 1 heterocycles. The first kappa shape index (κ1) is 19.5. The Kier molecular flexibility index (Phi) is 5.81. The molecule has 6 heteroatoms. The third kappa shape index (κ3) is 5.15. The van der Waals surface area contributed by atoms with E-state index >= 15 is 0 Å². The molecule has 0 bridgehead atoms. The molecule has 1 saturated carbocycles. The molecule has 1 aliphatic rings. The number of nitrogens with zero attached hydrogens (tertiary/aromatic N) is 1. The molecule has 1 aromatic heterocycles. The van der Waals surface area contributed by atoms with Crippen LogP contribution >= 0.6 is 11.8 Å². The van der Waals surface area contributed by atoms with Gasteiger partial charge in [-0.2, -0.15) is 0 Å². The summed E-state index contributed by atoms with van der Waals surface area (Å²) in [7, 11) is 0. The molecule has 1 fully saturated rings. The van der Waals surface area contributed by atoms with Gasteiger partial charge in [0.1, 0.15) is 0 Å². The molecule has 2 N–H and O–H groups in total. The van der Waals surface area contributed by atoms with Crippen LogP contribution in [0.25, 0.3) is 10.9 Å². The number of amides is 2. The molecule has 4 rings (SSSR count). The zero-order chi connectivity index (χ0) is 20.2. The Morgan fingerprint density at radius 2 is 1.86 bits per heavy atom. The van der Waals surface area contributed by atoms with E-state index in [2.05, 4.69) is 15.6 Å². The molecule has 148 valence electrons. The van der Waals surface area contributed by atoms with Crippen LogP contribution in [0.3, 0.4) is 0 Å². The van der Waals surface area contributed by atoms with Crippen LogP contribution in [0.4, 0.5) is 0 Å². The lowest BCUT2D eigenvalue weighted by Crippen LogP contribution is -2.26. The fraction of sp³-hybridized carbons (Fsp3) is 0.261. The van der Waals surface area contributed by atoms with Crippen LogP contribution in [-0.4, -0.2) is 28.6 Å². The maximum Gasteiger partial charge on any atom is 0.252 e. The van der Waals surface area contributed by atoms with Gasteiger partial charge in [-0.3, -0.25) is 9.59 Å². The Morgan fingerprint density at radius 1 is 1.10 bits per heavy atom. The van der Waals surface area contributed by atoms with E-state index in [1.165, 1.54) is 17.3 Å². The van der Waals surface area contributed by atoms with Crippen molar-refractivity contribution >= 4 is 34.5 Å². The highest BCUT2D eigenvalue weighted by Gasteiger charge is 2.25. The number of para-hydroxylation sites is 1. The summed E-state index contributed by atoms with van der Waals surface area (Å²) in [5.74, 6) is 0.118. The van der Waals surface area contributed by atoms with Gasteiger partial charge in [-0.1, -0.05) is 59.8 Å². The molecular weight excluding hydrogens is 382 g/mol. The van der Waals surface area contributed by atoms with Crippen LogP contribution in [0.5, 0.6) is 0 Å². The van der Waals surface area contributed by atoms with Crippen LogP contribution in [-0.2, 0) is 11.3 Å². The molecule has 0 spiro atoms. The van der Waals surface area contributed by atoms with Crippen molar-refractivity contribution in [2.24, 2.45) is 0 Å². The number of nitrogens with one attached hydrogen (secondary N) is 2. The maximum atomic E-state index is 12.7. The second-order valence-corrected chi connectivity index (χ2v) is 8.32. The number of thioether (sulfide) groups is 1. The van der Waals surface area contributed by atoms with E-state index in [0.717, 1.165) is 29.3 Å². The van der Waals surface area contributed by atoms with E-state index in [1.807, 2.05) is 55.5 Å². The normalized spacial score (nSPS) is 13.3. The summed E-state index contributed by atoms with van der Waals surface area (Å²) in [6, 6.07) is 17.8. The quantitative estimate of drug-likeness (QED) is 0.586. The number of carbonyl (C=O) groups is 2. The Hall–Kier alpha value is -2.86. The zero-order valence-corrected chi connectivity index (χ0v) is 17.1. The number of pyridine rings is 1. The van der Waals surface area contributed by atoms with Gasteiger partial charge in [-0.15, -0.1) is 0 Å². The van der Waals surface area contributed by atoms with Gasteiger partial charge in [0.2, 0.25) is 5.91 Å². The Bertz CT molecular complexity index is 1050. The summed E-state index contributed by atoms with van der Waals surface area (Å²) in [5, 5.41) is 7.48. The summed E-state index contributed by atoms with van der Waals surface area (Å²) < 4.78 is 0. The van der Waals surface area contributed by atoms with E-state index < -0.39 is 0 Å². The highest BCUT2D eigenvalue weighted by atomic mass is 32.2. The third-order valence-corrected chi connectivity index (χ3v) is 5.72. The summed E-state index contributed by atoms with van der Waals surface area (Å²) in [6.07, 6.45) is 2.08. The molecule has 0 atom stereocenters. The number of fused-ring (bicyclic) bond motifs is 1. The summed E-state index contributed by atoms with van der Waals surface area (Å²) in [5.41, 5.74) is 3.64. The highest BCUT2D eigenvalue weighted by molar-refractivity contribution is 7.99. The Balaban J connectivity index is 1.42. The van der Waals surface area contributed by atoms with E-state index in [1.54, 1.807) is 6.07 Å². The highest BCUT2D eigenvalue weighted by Crippen LogP contribution is 2.26. The zero-order valence-electron chi connectivity index (χ0n) is 16.3. The van der Waals surface area contributed by atoms with Crippen molar-refractivity contribution < 1.29 is 9.59 Å². The smallest absolute Gasteiger partial charge is 0.252 e. The lowest BCUT2D eigenvalue weighted by Gasteiger charge is -2.10. The van der Waals surface area contributed by atoms with Gasteiger partial charge in [0, 0.05) is 18.0 Å². The minimum absolute atomic E-state index is 0.0606. The predicted octanol–water partition coefficient (Wildman–Crippen LogP) is 3.84. The predicted molar refractivity (Wildman–Crippen MR) is 116 cm³/mol. The number of benzene rings is 2. The Labute approximate surface area is 174 Å². The van der Waals surface area contributed by atoms with E-state index in [0.29, 0.717) is 17.1 Å². The van der Waals surface area contributed by atoms with Gasteiger partial charge in [0.05, 0.1) is 21.9 Å². The summed E-state index contributed by atoms with van der Waals surface area (Å²) >= 11 is 1.34. The topological polar surface area (TPSA) is 71.1 Å². The number of aryl methyl sites for hydroxylation is 1. The molecule has 3 aromatic rings. The van der Waals surface area contributed by atoms with Crippen molar-refractivity contribution in [2.45, 2.75) is 37.4 Å². The van der Waals surface area contributed by atoms with Crippen molar-refractivity contribution in [2.75, 3.05) is 5.75 Å². The first-order chi connectivity index (χ1) is 14.1. The summed E-state index contributed by atoms with van der Waals surface area (Å²) in [4.78, 5) is 29.5. The molecular formula is C23H23N3O2S. The lowest BCUT2D eigenvalue weighted by molar-refractivity contribution is -0.118. The Morgan fingerprint density at radius 3 is 2.62 bits per heavy atom. The molecule has 1 aliphatic carbocycles. The van der Waals surface area contributed by atoms with Crippen molar-refractivity contribution in [3.8, 4) is 0 Å².